The summed E-state index contributed by atoms with van der Waals surface area (Å²) >= 11 is 0. The third-order valence-electron chi connectivity index (χ3n) is 3.73. The number of hydrogen-bond acceptors (Lipinski definition) is 4. The lowest BCUT2D eigenvalue weighted by molar-refractivity contribution is -0.119. The highest BCUT2D eigenvalue weighted by Gasteiger charge is 2.05. The van der Waals surface area contributed by atoms with Gasteiger partial charge in [0.2, 0.25) is 0 Å². The molecule has 0 aliphatic rings. The zero-order chi connectivity index (χ0) is 17.9. The zero-order valence-electron chi connectivity index (χ0n) is 14.8. The molecule has 2 aromatic rings. The molecule has 0 saturated heterocycles. The fourth-order valence-electron chi connectivity index (χ4n) is 2.30. The van der Waals surface area contributed by atoms with E-state index >= 15 is 0 Å². The third-order valence-corrected chi connectivity index (χ3v) is 3.73. The molecule has 5 heteroatoms. The van der Waals surface area contributed by atoms with Gasteiger partial charge in [-0.25, -0.2) is 5.43 Å². The van der Waals surface area contributed by atoms with E-state index in [2.05, 4.69) is 22.8 Å². The van der Waals surface area contributed by atoms with E-state index < -0.39 is 0 Å². The lowest BCUT2D eigenvalue weighted by Gasteiger charge is -2.09. The van der Waals surface area contributed by atoms with Crippen LogP contribution in [0.4, 0.5) is 5.69 Å². The van der Waals surface area contributed by atoms with Crippen molar-refractivity contribution in [3.63, 3.8) is 0 Å². The number of methoxy groups -OCH3 is 1. The Kier molecular flexibility index (Phi) is 7.50. The predicted molar refractivity (Wildman–Crippen MR) is 102 cm³/mol. The van der Waals surface area contributed by atoms with E-state index in [1.165, 1.54) is 0 Å². The maximum Gasteiger partial charge on any atom is 0.259 e. The fourth-order valence-corrected chi connectivity index (χ4v) is 2.30. The SMILES string of the molecule is CCCC/C(=N/NC(=O)CNc1ccc(OC)cc1)c1ccccc1. The van der Waals surface area contributed by atoms with E-state index in [4.69, 9.17) is 4.74 Å². The van der Waals surface area contributed by atoms with E-state index in [0.29, 0.717) is 0 Å². The first-order valence-electron chi connectivity index (χ1n) is 8.51. The van der Waals surface area contributed by atoms with Crippen LogP contribution in [0.2, 0.25) is 0 Å². The molecule has 5 nitrogen and oxygen atoms in total. The Morgan fingerprint density at radius 1 is 1.08 bits per heavy atom. The molecule has 0 aromatic heterocycles. The number of hydrazone groups is 1. The van der Waals surface area contributed by atoms with Gasteiger partial charge in [-0.1, -0.05) is 43.7 Å². The summed E-state index contributed by atoms with van der Waals surface area (Å²) in [6.45, 7) is 2.30. The van der Waals surface area contributed by atoms with Crippen LogP contribution in [0.3, 0.4) is 0 Å². The number of rotatable bonds is 9. The van der Waals surface area contributed by atoms with Crippen LogP contribution in [0, 0.1) is 0 Å². The molecule has 2 N–H and O–H groups in total. The highest BCUT2D eigenvalue weighted by Crippen LogP contribution is 2.14. The van der Waals surface area contributed by atoms with Gasteiger partial charge in [-0.05, 0) is 42.7 Å². The van der Waals surface area contributed by atoms with Crippen molar-refractivity contribution < 1.29 is 9.53 Å². The zero-order valence-corrected chi connectivity index (χ0v) is 14.8. The Hall–Kier alpha value is -2.82. The van der Waals surface area contributed by atoms with Gasteiger partial charge in [0, 0.05) is 5.69 Å². The summed E-state index contributed by atoms with van der Waals surface area (Å²) in [6, 6.07) is 17.4. The molecule has 0 atom stereocenters. The Labute approximate surface area is 149 Å². The average molecular weight is 339 g/mol. The van der Waals surface area contributed by atoms with Crippen LogP contribution in [-0.4, -0.2) is 25.3 Å². The Morgan fingerprint density at radius 3 is 2.44 bits per heavy atom. The molecule has 0 heterocycles. The smallest absolute Gasteiger partial charge is 0.259 e. The summed E-state index contributed by atoms with van der Waals surface area (Å²) < 4.78 is 5.11. The molecular weight excluding hydrogens is 314 g/mol. The number of anilines is 1. The van der Waals surface area contributed by atoms with Crippen LogP contribution < -0.4 is 15.5 Å². The Morgan fingerprint density at radius 2 is 1.80 bits per heavy atom. The van der Waals surface area contributed by atoms with Gasteiger partial charge in [-0.15, -0.1) is 0 Å². The molecule has 2 aromatic carbocycles. The van der Waals surface area contributed by atoms with Crippen molar-refractivity contribution in [1.29, 1.82) is 0 Å². The normalized spacial score (nSPS) is 11.0. The lowest BCUT2D eigenvalue weighted by atomic mass is 10.1. The number of carbonyl (C=O) groups is 1. The molecule has 0 spiro atoms. The van der Waals surface area contributed by atoms with Gasteiger partial charge in [0.1, 0.15) is 5.75 Å². The van der Waals surface area contributed by atoms with Crippen molar-refractivity contribution in [1.82, 2.24) is 5.43 Å². The Balaban J connectivity index is 1.91. The third kappa shape index (κ3) is 6.30. The molecule has 0 saturated carbocycles. The lowest BCUT2D eigenvalue weighted by Crippen LogP contribution is -2.27. The monoisotopic (exact) mass is 339 g/mol. The van der Waals surface area contributed by atoms with Crippen molar-refractivity contribution in [2.24, 2.45) is 5.10 Å². The molecular formula is C20H25N3O2. The van der Waals surface area contributed by atoms with Gasteiger partial charge in [0.15, 0.2) is 0 Å². The number of benzene rings is 2. The summed E-state index contributed by atoms with van der Waals surface area (Å²) in [4.78, 5) is 12.0. The van der Waals surface area contributed by atoms with Crippen molar-refractivity contribution in [3.05, 3.63) is 60.2 Å². The molecule has 0 aliphatic heterocycles. The summed E-state index contributed by atoms with van der Waals surface area (Å²) in [5.74, 6) is 0.601. The van der Waals surface area contributed by atoms with Gasteiger partial charge in [-0.3, -0.25) is 4.79 Å². The first-order chi connectivity index (χ1) is 12.2. The summed E-state index contributed by atoms with van der Waals surface area (Å²) in [5.41, 5.74) is 5.44. The molecule has 0 fully saturated rings. The van der Waals surface area contributed by atoms with Crippen LogP contribution in [0.15, 0.2) is 59.7 Å². The largest absolute Gasteiger partial charge is 0.497 e. The van der Waals surface area contributed by atoms with Crippen molar-refractivity contribution in [2.75, 3.05) is 19.0 Å². The highest BCUT2D eigenvalue weighted by molar-refractivity contribution is 6.01. The maximum atomic E-state index is 12.0. The topological polar surface area (TPSA) is 62.7 Å². The molecule has 0 radical (unpaired) electrons. The number of hydrogen-bond donors (Lipinski definition) is 2. The first-order valence-corrected chi connectivity index (χ1v) is 8.51. The number of carbonyl (C=O) groups excluding carboxylic acids is 1. The number of amides is 1. The maximum absolute atomic E-state index is 12.0. The van der Waals surface area contributed by atoms with Crippen LogP contribution >= 0.6 is 0 Å². The van der Waals surface area contributed by atoms with Gasteiger partial charge >= 0.3 is 0 Å². The molecule has 25 heavy (non-hydrogen) atoms. The van der Waals surface area contributed by atoms with Crippen LogP contribution in [0.5, 0.6) is 5.75 Å². The summed E-state index contributed by atoms with van der Waals surface area (Å²) in [6.07, 6.45) is 2.96. The van der Waals surface area contributed by atoms with Crippen LogP contribution in [-0.2, 0) is 4.79 Å². The highest BCUT2D eigenvalue weighted by atomic mass is 16.5. The van der Waals surface area contributed by atoms with E-state index in [0.717, 1.165) is 42.0 Å². The van der Waals surface area contributed by atoms with E-state index in [1.807, 2.05) is 54.6 Å². The van der Waals surface area contributed by atoms with Gasteiger partial charge in [0.05, 0.1) is 19.4 Å². The van der Waals surface area contributed by atoms with Crippen LogP contribution in [0.25, 0.3) is 0 Å². The second-order valence-corrected chi connectivity index (χ2v) is 5.65. The minimum absolute atomic E-state index is 0.158. The van der Waals surface area contributed by atoms with E-state index in [1.54, 1.807) is 7.11 Å². The molecule has 2 rings (SSSR count). The predicted octanol–water partition coefficient (Wildman–Crippen LogP) is 3.82. The quantitative estimate of drug-likeness (QED) is 0.539. The summed E-state index contributed by atoms with van der Waals surface area (Å²) in [5, 5.41) is 7.39. The number of unbranched alkanes of at least 4 members (excludes halogenated alkanes) is 1. The van der Waals surface area contributed by atoms with E-state index in [9.17, 15) is 4.79 Å². The molecule has 0 unspecified atom stereocenters. The van der Waals surface area contributed by atoms with Crippen molar-refractivity contribution >= 4 is 17.3 Å². The van der Waals surface area contributed by atoms with Gasteiger partial charge in [-0.2, -0.15) is 5.10 Å². The molecule has 1 amide bonds. The molecule has 132 valence electrons. The molecule has 0 aliphatic carbocycles. The standard InChI is InChI=1S/C20H25N3O2/c1-3-4-10-19(16-8-6-5-7-9-16)22-23-20(24)15-21-17-11-13-18(25-2)14-12-17/h5-9,11-14,21H,3-4,10,15H2,1-2H3,(H,23,24)/b22-19-. The van der Waals surface area contributed by atoms with E-state index in [-0.39, 0.29) is 12.5 Å². The number of ether oxygens (including phenoxy) is 1. The second kappa shape index (κ2) is 10.1. The van der Waals surface area contributed by atoms with Gasteiger partial charge in [0.25, 0.3) is 5.91 Å². The van der Waals surface area contributed by atoms with Crippen molar-refractivity contribution in [3.8, 4) is 5.75 Å². The average Bonchev–Trinajstić information content (AvgIpc) is 2.67. The fraction of sp³-hybridized carbons (Fsp3) is 0.300. The Bertz CT molecular complexity index is 682. The summed E-state index contributed by atoms with van der Waals surface area (Å²) in [7, 11) is 1.62. The number of nitrogens with one attached hydrogen (secondary N) is 2. The minimum Gasteiger partial charge on any atom is -0.497 e. The number of nitrogens with zero attached hydrogens (tertiary/aromatic N) is 1. The first kappa shape index (κ1) is 18.5. The molecule has 0 bridgehead atoms. The van der Waals surface area contributed by atoms with Crippen molar-refractivity contribution in [2.45, 2.75) is 26.2 Å². The minimum atomic E-state index is -0.180. The second-order valence-electron chi connectivity index (χ2n) is 5.65. The van der Waals surface area contributed by atoms with Crippen LogP contribution in [0.1, 0.15) is 31.7 Å². The van der Waals surface area contributed by atoms with Gasteiger partial charge < -0.3 is 10.1 Å².